The summed E-state index contributed by atoms with van der Waals surface area (Å²) >= 11 is 0. The number of hydrogen-bond donors (Lipinski definition) is 0. The van der Waals surface area contributed by atoms with Crippen molar-refractivity contribution in [1.29, 1.82) is 0 Å². The largest absolute Gasteiger partial charge is 0.496 e. The minimum Gasteiger partial charge on any atom is -0.496 e. The van der Waals surface area contributed by atoms with Gasteiger partial charge in [-0.05, 0) is 17.5 Å². The third kappa shape index (κ3) is 1.24. The van der Waals surface area contributed by atoms with Crippen molar-refractivity contribution in [3.63, 3.8) is 0 Å². The standard InChI is InChI=1S/C11H9FO/c1-13-10-7-3-5-8-4-2-6-9(12)11(8)10/h2-7H,1H3. The SMILES string of the molecule is COc1cccc2cccc(F)c12. The third-order valence-electron chi connectivity index (χ3n) is 2.04. The highest BCUT2D eigenvalue weighted by Gasteiger charge is 2.04. The Hall–Kier alpha value is -1.57. The maximum Gasteiger partial charge on any atom is 0.134 e. The van der Waals surface area contributed by atoms with E-state index in [4.69, 9.17) is 4.74 Å². The smallest absolute Gasteiger partial charge is 0.134 e. The van der Waals surface area contributed by atoms with Crippen LogP contribution in [0.5, 0.6) is 5.75 Å². The van der Waals surface area contributed by atoms with Crippen LogP contribution in [0.4, 0.5) is 4.39 Å². The number of methoxy groups -OCH3 is 1. The lowest BCUT2D eigenvalue weighted by atomic mass is 10.1. The van der Waals surface area contributed by atoms with Crippen LogP contribution in [0.2, 0.25) is 0 Å². The predicted octanol–water partition coefficient (Wildman–Crippen LogP) is 2.99. The van der Waals surface area contributed by atoms with Crippen molar-refractivity contribution in [2.24, 2.45) is 0 Å². The Kier molecular flexibility index (Phi) is 1.89. The molecule has 0 heterocycles. The predicted molar refractivity (Wildman–Crippen MR) is 50.5 cm³/mol. The van der Waals surface area contributed by atoms with Gasteiger partial charge in [0.2, 0.25) is 0 Å². The number of rotatable bonds is 1. The van der Waals surface area contributed by atoms with E-state index in [1.54, 1.807) is 19.2 Å². The molecule has 0 unspecified atom stereocenters. The Morgan fingerprint density at radius 3 is 2.46 bits per heavy atom. The molecule has 0 radical (unpaired) electrons. The summed E-state index contributed by atoms with van der Waals surface area (Å²) < 4.78 is 18.4. The zero-order valence-electron chi connectivity index (χ0n) is 7.25. The molecule has 13 heavy (non-hydrogen) atoms. The maximum atomic E-state index is 13.4. The van der Waals surface area contributed by atoms with Gasteiger partial charge >= 0.3 is 0 Å². The van der Waals surface area contributed by atoms with E-state index in [0.29, 0.717) is 11.1 Å². The van der Waals surface area contributed by atoms with Gasteiger partial charge in [0.25, 0.3) is 0 Å². The van der Waals surface area contributed by atoms with E-state index in [0.717, 1.165) is 5.39 Å². The molecule has 0 fully saturated rings. The van der Waals surface area contributed by atoms with Crippen molar-refractivity contribution >= 4 is 10.8 Å². The fraction of sp³-hybridized carbons (Fsp3) is 0.0909. The van der Waals surface area contributed by atoms with Gasteiger partial charge in [0, 0.05) is 0 Å². The molecule has 2 rings (SSSR count). The Labute approximate surface area is 75.8 Å². The van der Waals surface area contributed by atoms with Gasteiger partial charge in [-0.3, -0.25) is 0 Å². The molecule has 0 aromatic heterocycles. The highest BCUT2D eigenvalue weighted by molar-refractivity contribution is 5.88. The van der Waals surface area contributed by atoms with Crippen molar-refractivity contribution in [3.05, 3.63) is 42.2 Å². The first-order valence-corrected chi connectivity index (χ1v) is 4.04. The quantitative estimate of drug-likeness (QED) is 0.649. The summed E-state index contributed by atoms with van der Waals surface area (Å²) in [7, 11) is 1.54. The van der Waals surface area contributed by atoms with Gasteiger partial charge in [0.1, 0.15) is 11.6 Å². The lowest BCUT2D eigenvalue weighted by Crippen LogP contribution is -1.86. The minimum absolute atomic E-state index is 0.241. The molecule has 0 aliphatic heterocycles. The normalized spacial score (nSPS) is 10.3. The molecule has 0 aliphatic carbocycles. The second-order valence-corrected chi connectivity index (χ2v) is 2.80. The monoisotopic (exact) mass is 176 g/mol. The van der Waals surface area contributed by atoms with Crippen LogP contribution >= 0.6 is 0 Å². The Morgan fingerprint density at radius 2 is 1.77 bits per heavy atom. The molecule has 0 atom stereocenters. The van der Waals surface area contributed by atoms with E-state index in [1.807, 2.05) is 18.2 Å². The van der Waals surface area contributed by atoms with Crippen molar-refractivity contribution < 1.29 is 9.13 Å². The Bertz CT molecular complexity index is 432. The Balaban J connectivity index is 2.87. The summed E-state index contributed by atoms with van der Waals surface area (Å²) in [5.41, 5.74) is 0. The molecule has 0 amide bonds. The van der Waals surface area contributed by atoms with Crippen LogP contribution in [-0.4, -0.2) is 7.11 Å². The number of fused-ring (bicyclic) bond motifs is 1. The maximum absolute atomic E-state index is 13.4. The Morgan fingerprint density at radius 1 is 1.08 bits per heavy atom. The summed E-state index contributed by atoms with van der Waals surface area (Å²) in [6.07, 6.45) is 0. The van der Waals surface area contributed by atoms with Crippen molar-refractivity contribution in [1.82, 2.24) is 0 Å². The molecule has 0 aliphatic rings. The van der Waals surface area contributed by atoms with Crippen LogP contribution in [0.25, 0.3) is 10.8 Å². The van der Waals surface area contributed by atoms with Crippen molar-refractivity contribution in [2.45, 2.75) is 0 Å². The molecule has 0 bridgehead atoms. The first kappa shape index (κ1) is 8.05. The summed E-state index contributed by atoms with van der Waals surface area (Å²) in [5.74, 6) is 0.338. The highest BCUT2D eigenvalue weighted by atomic mass is 19.1. The fourth-order valence-electron chi connectivity index (χ4n) is 1.43. The third-order valence-corrected chi connectivity index (χ3v) is 2.04. The van der Waals surface area contributed by atoms with Crippen LogP contribution in [0, 0.1) is 5.82 Å². The first-order valence-electron chi connectivity index (χ1n) is 4.04. The van der Waals surface area contributed by atoms with E-state index in [1.165, 1.54) is 6.07 Å². The summed E-state index contributed by atoms with van der Waals surface area (Å²) in [6.45, 7) is 0. The molecule has 0 spiro atoms. The molecular weight excluding hydrogens is 167 g/mol. The van der Waals surface area contributed by atoms with Gasteiger partial charge in [0.05, 0.1) is 12.5 Å². The average Bonchev–Trinajstić information content (AvgIpc) is 2.17. The van der Waals surface area contributed by atoms with E-state index >= 15 is 0 Å². The summed E-state index contributed by atoms with van der Waals surface area (Å²) in [4.78, 5) is 0. The van der Waals surface area contributed by atoms with Crippen LogP contribution in [0.3, 0.4) is 0 Å². The van der Waals surface area contributed by atoms with Gasteiger partial charge in [-0.15, -0.1) is 0 Å². The molecule has 2 aromatic rings. The van der Waals surface area contributed by atoms with Crippen LogP contribution < -0.4 is 4.74 Å². The number of hydrogen-bond acceptors (Lipinski definition) is 1. The van der Waals surface area contributed by atoms with Gasteiger partial charge < -0.3 is 4.74 Å². The molecule has 66 valence electrons. The first-order chi connectivity index (χ1) is 6.33. The second kappa shape index (κ2) is 3.05. The van der Waals surface area contributed by atoms with Gasteiger partial charge in [-0.1, -0.05) is 24.3 Å². The van der Waals surface area contributed by atoms with Crippen LogP contribution in [0.1, 0.15) is 0 Å². The topological polar surface area (TPSA) is 9.23 Å². The molecular formula is C11H9FO. The molecule has 0 saturated carbocycles. The highest BCUT2D eigenvalue weighted by Crippen LogP contribution is 2.27. The number of ether oxygens (including phenoxy) is 1. The molecule has 0 N–H and O–H groups in total. The van der Waals surface area contributed by atoms with Gasteiger partial charge in [-0.25, -0.2) is 4.39 Å². The average molecular weight is 176 g/mol. The molecule has 2 aromatic carbocycles. The van der Waals surface area contributed by atoms with E-state index < -0.39 is 0 Å². The summed E-state index contributed by atoms with van der Waals surface area (Å²) in [5, 5.41) is 1.41. The van der Waals surface area contributed by atoms with Crippen molar-refractivity contribution in [2.75, 3.05) is 7.11 Å². The van der Waals surface area contributed by atoms with Gasteiger partial charge in [0.15, 0.2) is 0 Å². The molecule has 2 heteroatoms. The lowest BCUT2D eigenvalue weighted by molar-refractivity contribution is 0.418. The van der Waals surface area contributed by atoms with E-state index in [2.05, 4.69) is 0 Å². The second-order valence-electron chi connectivity index (χ2n) is 2.80. The fourth-order valence-corrected chi connectivity index (χ4v) is 1.43. The zero-order valence-corrected chi connectivity index (χ0v) is 7.25. The van der Waals surface area contributed by atoms with Crippen LogP contribution in [-0.2, 0) is 0 Å². The van der Waals surface area contributed by atoms with E-state index in [9.17, 15) is 4.39 Å². The van der Waals surface area contributed by atoms with Gasteiger partial charge in [-0.2, -0.15) is 0 Å². The summed E-state index contributed by atoms with van der Waals surface area (Å²) in [6, 6.07) is 10.5. The lowest BCUT2D eigenvalue weighted by Gasteiger charge is -2.05. The molecule has 0 saturated heterocycles. The van der Waals surface area contributed by atoms with E-state index in [-0.39, 0.29) is 5.82 Å². The number of benzene rings is 2. The van der Waals surface area contributed by atoms with Crippen LogP contribution in [0.15, 0.2) is 36.4 Å². The molecule has 1 nitrogen and oxygen atoms in total. The minimum atomic E-state index is -0.241. The van der Waals surface area contributed by atoms with Crippen molar-refractivity contribution in [3.8, 4) is 5.75 Å². The zero-order chi connectivity index (χ0) is 9.26. The number of halogens is 1.